The molecule has 1 N–H and O–H groups in total. The first-order valence-corrected chi connectivity index (χ1v) is 7.25. The standard InChI is InChI=1S/C14H11Cl3N2O3/c1-8-2-3-9(22-8)6-18-19-14(20)7-21-13-5-11(16)10(15)4-12(13)17/h2-6H,7H2,1H3,(H,19,20)/b18-6-. The van der Waals surface area contributed by atoms with Gasteiger partial charge < -0.3 is 9.15 Å². The Hall–Kier alpha value is -1.69. The summed E-state index contributed by atoms with van der Waals surface area (Å²) < 4.78 is 10.5. The van der Waals surface area contributed by atoms with Gasteiger partial charge in [-0.05, 0) is 25.1 Å². The number of furan rings is 1. The zero-order valence-corrected chi connectivity index (χ0v) is 13.7. The molecule has 2 aromatic rings. The Morgan fingerprint density at radius 2 is 2.00 bits per heavy atom. The first-order chi connectivity index (χ1) is 10.5. The van der Waals surface area contributed by atoms with Gasteiger partial charge in [0.25, 0.3) is 5.91 Å². The third-order valence-electron chi connectivity index (χ3n) is 2.48. The molecule has 0 spiro atoms. The van der Waals surface area contributed by atoms with Crippen molar-refractivity contribution in [3.8, 4) is 5.75 Å². The zero-order valence-electron chi connectivity index (χ0n) is 11.4. The maximum Gasteiger partial charge on any atom is 0.277 e. The minimum atomic E-state index is -0.457. The van der Waals surface area contributed by atoms with Crippen LogP contribution in [0.25, 0.3) is 0 Å². The van der Waals surface area contributed by atoms with E-state index >= 15 is 0 Å². The van der Waals surface area contributed by atoms with Crippen molar-refractivity contribution in [1.82, 2.24) is 5.43 Å². The smallest absolute Gasteiger partial charge is 0.277 e. The quantitative estimate of drug-likeness (QED) is 0.496. The second-order valence-electron chi connectivity index (χ2n) is 4.23. The lowest BCUT2D eigenvalue weighted by atomic mass is 10.3. The van der Waals surface area contributed by atoms with Crippen LogP contribution in [0.3, 0.4) is 0 Å². The van der Waals surface area contributed by atoms with Crippen molar-refractivity contribution in [1.29, 1.82) is 0 Å². The fourth-order valence-corrected chi connectivity index (χ4v) is 2.07. The highest BCUT2D eigenvalue weighted by atomic mass is 35.5. The largest absolute Gasteiger partial charge is 0.482 e. The lowest BCUT2D eigenvalue weighted by molar-refractivity contribution is -0.123. The number of hydrogen-bond donors (Lipinski definition) is 1. The highest BCUT2D eigenvalue weighted by molar-refractivity contribution is 6.43. The monoisotopic (exact) mass is 360 g/mol. The van der Waals surface area contributed by atoms with Gasteiger partial charge in [-0.3, -0.25) is 4.79 Å². The molecule has 0 atom stereocenters. The SMILES string of the molecule is Cc1ccc(/C=N\NC(=O)COc2cc(Cl)c(Cl)cc2Cl)o1. The number of carbonyl (C=O) groups is 1. The van der Waals surface area contributed by atoms with Gasteiger partial charge in [-0.1, -0.05) is 34.8 Å². The van der Waals surface area contributed by atoms with E-state index < -0.39 is 5.91 Å². The zero-order chi connectivity index (χ0) is 16.1. The predicted octanol–water partition coefficient (Wildman–Crippen LogP) is 4.08. The van der Waals surface area contributed by atoms with Gasteiger partial charge in [0.05, 0.1) is 21.3 Å². The van der Waals surface area contributed by atoms with Crippen LogP contribution in [0.2, 0.25) is 15.1 Å². The molecule has 0 fully saturated rings. The number of halogens is 3. The van der Waals surface area contributed by atoms with Crippen LogP contribution in [-0.4, -0.2) is 18.7 Å². The highest BCUT2D eigenvalue weighted by Crippen LogP contribution is 2.33. The molecule has 0 saturated heterocycles. The molecule has 0 aliphatic carbocycles. The van der Waals surface area contributed by atoms with Gasteiger partial charge in [0, 0.05) is 6.07 Å². The van der Waals surface area contributed by atoms with Crippen LogP contribution in [0.5, 0.6) is 5.75 Å². The molecule has 8 heteroatoms. The molecule has 5 nitrogen and oxygen atoms in total. The van der Waals surface area contributed by atoms with Crippen LogP contribution in [0.1, 0.15) is 11.5 Å². The summed E-state index contributed by atoms with van der Waals surface area (Å²) in [5.41, 5.74) is 2.30. The van der Waals surface area contributed by atoms with E-state index in [0.717, 1.165) is 5.76 Å². The van der Waals surface area contributed by atoms with Crippen molar-refractivity contribution < 1.29 is 13.9 Å². The number of nitrogens with zero attached hydrogens (tertiary/aromatic N) is 1. The highest BCUT2D eigenvalue weighted by Gasteiger charge is 2.09. The third kappa shape index (κ3) is 4.66. The van der Waals surface area contributed by atoms with E-state index in [0.29, 0.717) is 10.8 Å². The van der Waals surface area contributed by atoms with Crippen molar-refractivity contribution in [3.63, 3.8) is 0 Å². The average Bonchev–Trinajstić information content (AvgIpc) is 2.87. The second kappa shape index (κ2) is 7.54. The maximum atomic E-state index is 11.6. The number of carbonyl (C=O) groups excluding carboxylic acids is 1. The molecule has 0 radical (unpaired) electrons. The predicted molar refractivity (Wildman–Crippen MR) is 86.1 cm³/mol. The van der Waals surface area contributed by atoms with E-state index in [2.05, 4.69) is 10.5 Å². The first kappa shape index (κ1) is 16.7. The number of rotatable bonds is 5. The van der Waals surface area contributed by atoms with Gasteiger partial charge in [-0.15, -0.1) is 0 Å². The van der Waals surface area contributed by atoms with Gasteiger partial charge in [0.15, 0.2) is 6.61 Å². The van der Waals surface area contributed by atoms with E-state index in [1.54, 1.807) is 12.1 Å². The number of hydrazone groups is 1. The normalized spacial score (nSPS) is 10.9. The van der Waals surface area contributed by atoms with Crippen molar-refractivity contribution in [2.45, 2.75) is 6.92 Å². The topological polar surface area (TPSA) is 63.8 Å². The third-order valence-corrected chi connectivity index (χ3v) is 3.49. The lowest BCUT2D eigenvalue weighted by Gasteiger charge is -2.08. The van der Waals surface area contributed by atoms with Crippen LogP contribution in [0.4, 0.5) is 0 Å². The summed E-state index contributed by atoms with van der Waals surface area (Å²) in [6, 6.07) is 6.40. The molecule has 1 aromatic heterocycles. The lowest BCUT2D eigenvalue weighted by Crippen LogP contribution is -2.24. The van der Waals surface area contributed by atoms with E-state index in [1.165, 1.54) is 18.3 Å². The molecule has 116 valence electrons. The average molecular weight is 362 g/mol. The number of benzene rings is 1. The molecule has 0 unspecified atom stereocenters. The van der Waals surface area contributed by atoms with E-state index in [-0.39, 0.29) is 22.4 Å². The summed E-state index contributed by atoms with van der Waals surface area (Å²) in [6.07, 6.45) is 1.39. The van der Waals surface area contributed by atoms with Crippen LogP contribution in [0, 0.1) is 6.92 Å². The molecule has 2 rings (SSSR count). The molecule has 0 bridgehead atoms. The van der Waals surface area contributed by atoms with Crippen molar-refractivity contribution in [2.75, 3.05) is 6.61 Å². The summed E-state index contributed by atoms with van der Waals surface area (Å²) in [5, 5.41) is 4.60. The fourth-order valence-electron chi connectivity index (χ4n) is 1.48. The van der Waals surface area contributed by atoms with Gasteiger partial charge in [-0.2, -0.15) is 5.10 Å². The second-order valence-corrected chi connectivity index (χ2v) is 5.45. The van der Waals surface area contributed by atoms with Gasteiger partial charge in [-0.25, -0.2) is 5.43 Å². The molecule has 0 saturated carbocycles. The molecular formula is C14H11Cl3N2O3. The van der Waals surface area contributed by atoms with Crippen LogP contribution < -0.4 is 10.2 Å². The molecule has 1 heterocycles. The Labute approximate surface area is 141 Å². The minimum absolute atomic E-state index is 0.261. The number of aryl methyl sites for hydroxylation is 1. The molecule has 0 aliphatic heterocycles. The van der Waals surface area contributed by atoms with E-state index in [1.807, 2.05) is 6.92 Å². The molecule has 1 aromatic carbocycles. The van der Waals surface area contributed by atoms with E-state index in [4.69, 9.17) is 44.0 Å². The van der Waals surface area contributed by atoms with Crippen LogP contribution in [-0.2, 0) is 4.79 Å². The maximum absolute atomic E-state index is 11.6. The number of ether oxygens (including phenoxy) is 1. The van der Waals surface area contributed by atoms with Crippen LogP contribution in [0.15, 0.2) is 33.8 Å². The number of amides is 1. The van der Waals surface area contributed by atoms with Crippen molar-refractivity contribution in [2.24, 2.45) is 5.10 Å². The Morgan fingerprint density at radius 3 is 2.68 bits per heavy atom. The fraction of sp³-hybridized carbons (Fsp3) is 0.143. The van der Waals surface area contributed by atoms with Gasteiger partial charge in [0.2, 0.25) is 0 Å². The van der Waals surface area contributed by atoms with E-state index in [9.17, 15) is 4.79 Å². The molecule has 1 amide bonds. The van der Waals surface area contributed by atoms with Crippen molar-refractivity contribution >= 4 is 46.9 Å². The Balaban J connectivity index is 1.85. The molecule has 22 heavy (non-hydrogen) atoms. The summed E-state index contributed by atoms with van der Waals surface area (Å²) in [4.78, 5) is 11.6. The Bertz CT molecular complexity index is 713. The molecular weight excluding hydrogens is 351 g/mol. The number of hydrogen-bond acceptors (Lipinski definition) is 4. The first-order valence-electron chi connectivity index (χ1n) is 6.11. The summed E-state index contributed by atoms with van der Waals surface area (Å²) in [7, 11) is 0. The Morgan fingerprint density at radius 1 is 1.27 bits per heavy atom. The minimum Gasteiger partial charge on any atom is -0.482 e. The molecule has 0 aliphatic rings. The van der Waals surface area contributed by atoms with Gasteiger partial charge in [0.1, 0.15) is 17.3 Å². The van der Waals surface area contributed by atoms with Gasteiger partial charge >= 0.3 is 0 Å². The van der Waals surface area contributed by atoms with Crippen molar-refractivity contribution in [3.05, 3.63) is 50.9 Å². The summed E-state index contributed by atoms with van der Waals surface area (Å²) >= 11 is 17.6. The van der Waals surface area contributed by atoms with Crippen LogP contribution >= 0.6 is 34.8 Å². The summed E-state index contributed by atoms with van der Waals surface area (Å²) in [5.74, 6) is 1.09. The Kier molecular flexibility index (Phi) is 5.71. The number of nitrogens with one attached hydrogen (secondary N) is 1. The summed E-state index contributed by atoms with van der Waals surface area (Å²) in [6.45, 7) is 1.54.